The molecule has 1 saturated heterocycles. The van der Waals surface area contributed by atoms with E-state index in [0.717, 1.165) is 12.8 Å². The number of carboxylic acids is 1. The molecule has 1 aromatic carbocycles. The SMILES string of the molecule is O=C(NCCCc1ccccc1)NC1(C(=O)O)CCOC1. The number of urea groups is 1. The summed E-state index contributed by atoms with van der Waals surface area (Å²) < 4.78 is 5.08. The maximum atomic E-state index is 11.8. The quantitative estimate of drug-likeness (QED) is 0.687. The van der Waals surface area contributed by atoms with E-state index in [2.05, 4.69) is 10.6 Å². The predicted molar refractivity (Wildman–Crippen MR) is 77.1 cm³/mol. The van der Waals surface area contributed by atoms with Crippen LogP contribution in [0.25, 0.3) is 0 Å². The van der Waals surface area contributed by atoms with Crippen LogP contribution < -0.4 is 10.6 Å². The van der Waals surface area contributed by atoms with Crippen molar-refractivity contribution in [3.8, 4) is 0 Å². The van der Waals surface area contributed by atoms with Gasteiger partial charge >= 0.3 is 12.0 Å². The second-order valence-corrected chi connectivity index (χ2v) is 5.16. The normalized spacial score (nSPS) is 21.0. The number of rotatable bonds is 6. The number of benzene rings is 1. The van der Waals surface area contributed by atoms with Crippen LogP contribution in [0.2, 0.25) is 0 Å². The smallest absolute Gasteiger partial charge is 0.332 e. The molecule has 1 aliphatic rings. The molecule has 0 bridgehead atoms. The zero-order chi connectivity index (χ0) is 15.1. The van der Waals surface area contributed by atoms with Crippen molar-refractivity contribution in [3.05, 3.63) is 35.9 Å². The maximum Gasteiger partial charge on any atom is 0.332 e. The van der Waals surface area contributed by atoms with Crippen molar-refractivity contribution in [3.63, 3.8) is 0 Å². The molecule has 1 aliphatic heterocycles. The van der Waals surface area contributed by atoms with Crippen molar-refractivity contribution in [2.75, 3.05) is 19.8 Å². The van der Waals surface area contributed by atoms with Crippen molar-refractivity contribution in [2.45, 2.75) is 24.8 Å². The van der Waals surface area contributed by atoms with Crippen molar-refractivity contribution in [1.29, 1.82) is 0 Å². The molecule has 1 heterocycles. The second-order valence-electron chi connectivity index (χ2n) is 5.16. The van der Waals surface area contributed by atoms with Crippen molar-refractivity contribution in [2.24, 2.45) is 0 Å². The highest BCUT2D eigenvalue weighted by Crippen LogP contribution is 2.18. The second kappa shape index (κ2) is 7.08. The molecular formula is C15H20N2O4. The number of carboxylic acid groups (broad SMARTS) is 1. The Morgan fingerprint density at radius 2 is 2.05 bits per heavy atom. The molecule has 1 unspecified atom stereocenters. The maximum absolute atomic E-state index is 11.8. The lowest BCUT2D eigenvalue weighted by Crippen LogP contribution is -2.57. The summed E-state index contributed by atoms with van der Waals surface area (Å²) in [6.07, 6.45) is 1.96. The van der Waals surface area contributed by atoms with E-state index in [-0.39, 0.29) is 6.61 Å². The number of nitrogens with one attached hydrogen (secondary N) is 2. The fourth-order valence-electron chi connectivity index (χ4n) is 2.29. The van der Waals surface area contributed by atoms with Crippen LogP contribution in [0.5, 0.6) is 0 Å². The van der Waals surface area contributed by atoms with Gasteiger partial charge in [-0.2, -0.15) is 0 Å². The minimum Gasteiger partial charge on any atom is -0.479 e. The Bertz CT molecular complexity index is 484. The average Bonchev–Trinajstić information content (AvgIpc) is 2.94. The van der Waals surface area contributed by atoms with Gasteiger partial charge in [0.05, 0.1) is 6.61 Å². The number of hydrogen-bond acceptors (Lipinski definition) is 3. The molecule has 3 N–H and O–H groups in total. The highest BCUT2D eigenvalue weighted by Gasteiger charge is 2.43. The van der Waals surface area contributed by atoms with Crippen LogP contribution in [0.15, 0.2) is 30.3 Å². The molecule has 0 aliphatic carbocycles. The van der Waals surface area contributed by atoms with Gasteiger partial charge in [-0.1, -0.05) is 30.3 Å². The number of carbonyl (C=O) groups excluding carboxylic acids is 1. The monoisotopic (exact) mass is 292 g/mol. The molecule has 2 amide bonds. The van der Waals surface area contributed by atoms with Crippen molar-refractivity contribution >= 4 is 12.0 Å². The van der Waals surface area contributed by atoms with Gasteiger partial charge in [-0.25, -0.2) is 9.59 Å². The third-order valence-electron chi connectivity index (χ3n) is 3.55. The summed E-state index contributed by atoms with van der Waals surface area (Å²) in [4.78, 5) is 23.0. The molecule has 21 heavy (non-hydrogen) atoms. The fraction of sp³-hybridized carbons (Fsp3) is 0.467. The lowest BCUT2D eigenvalue weighted by Gasteiger charge is -2.23. The van der Waals surface area contributed by atoms with E-state index in [9.17, 15) is 14.7 Å². The lowest BCUT2D eigenvalue weighted by atomic mass is 9.99. The molecule has 0 aromatic heterocycles. The largest absolute Gasteiger partial charge is 0.479 e. The van der Waals surface area contributed by atoms with Gasteiger partial charge in [0.15, 0.2) is 5.54 Å². The zero-order valence-electron chi connectivity index (χ0n) is 11.8. The van der Waals surface area contributed by atoms with E-state index >= 15 is 0 Å². The Kier molecular flexibility index (Phi) is 5.16. The van der Waals surface area contributed by atoms with E-state index in [1.165, 1.54) is 5.56 Å². The molecule has 6 nitrogen and oxygen atoms in total. The number of ether oxygens (including phenoxy) is 1. The fourth-order valence-corrected chi connectivity index (χ4v) is 2.29. The zero-order valence-corrected chi connectivity index (χ0v) is 11.8. The van der Waals surface area contributed by atoms with Crippen LogP contribution in [0, 0.1) is 0 Å². The molecule has 0 spiro atoms. The van der Waals surface area contributed by atoms with Crippen molar-refractivity contribution < 1.29 is 19.4 Å². The highest BCUT2D eigenvalue weighted by molar-refractivity contribution is 5.86. The summed E-state index contributed by atoms with van der Waals surface area (Å²) in [5.41, 5.74) is -0.0744. The molecule has 1 aromatic rings. The van der Waals surface area contributed by atoms with Crippen LogP contribution >= 0.6 is 0 Å². The third-order valence-corrected chi connectivity index (χ3v) is 3.55. The first-order valence-corrected chi connectivity index (χ1v) is 7.03. The number of aryl methyl sites for hydroxylation is 1. The molecule has 0 radical (unpaired) electrons. The number of amides is 2. The summed E-state index contributed by atoms with van der Waals surface area (Å²) in [6, 6.07) is 9.53. The molecule has 1 atom stereocenters. The Hall–Kier alpha value is -2.08. The van der Waals surface area contributed by atoms with Crippen LogP contribution in [0.1, 0.15) is 18.4 Å². The van der Waals surface area contributed by atoms with Gasteiger partial charge in [0.25, 0.3) is 0 Å². The topological polar surface area (TPSA) is 87.7 Å². The van der Waals surface area contributed by atoms with E-state index < -0.39 is 17.5 Å². The molecule has 2 rings (SSSR count). The van der Waals surface area contributed by atoms with Gasteiger partial charge in [0, 0.05) is 19.6 Å². The summed E-state index contributed by atoms with van der Waals surface area (Å²) >= 11 is 0. The first kappa shape index (κ1) is 15.3. The van der Waals surface area contributed by atoms with Gasteiger partial charge in [0.1, 0.15) is 0 Å². The third kappa shape index (κ3) is 4.19. The number of carbonyl (C=O) groups is 2. The van der Waals surface area contributed by atoms with Crippen LogP contribution in [-0.2, 0) is 16.0 Å². The lowest BCUT2D eigenvalue weighted by molar-refractivity contribution is -0.144. The Morgan fingerprint density at radius 1 is 1.29 bits per heavy atom. The standard InChI is InChI=1S/C15H20N2O4/c18-13(19)15(8-10-21-11-15)17-14(20)16-9-4-7-12-5-2-1-3-6-12/h1-3,5-6H,4,7-11H2,(H,18,19)(H2,16,17,20). The minimum absolute atomic E-state index is 0.0137. The van der Waals surface area contributed by atoms with Crippen molar-refractivity contribution in [1.82, 2.24) is 10.6 Å². The summed E-state index contributed by atoms with van der Waals surface area (Å²) in [7, 11) is 0. The first-order valence-electron chi connectivity index (χ1n) is 7.03. The minimum atomic E-state index is -1.29. The number of aliphatic carboxylic acids is 1. The summed E-state index contributed by atoms with van der Waals surface area (Å²) in [5, 5.41) is 14.4. The van der Waals surface area contributed by atoms with Crippen LogP contribution in [-0.4, -0.2) is 42.4 Å². The Morgan fingerprint density at radius 3 is 2.67 bits per heavy atom. The molecular weight excluding hydrogens is 272 g/mol. The van der Waals surface area contributed by atoms with E-state index in [4.69, 9.17) is 4.74 Å². The van der Waals surface area contributed by atoms with Gasteiger partial charge < -0.3 is 20.5 Å². The first-order chi connectivity index (χ1) is 10.1. The van der Waals surface area contributed by atoms with Crippen LogP contribution in [0.4, 0.5) is 4.79 Å². The number of hydrogen-bond donors (Lipinski definition) is 3. The summed E-state index contributed by atoms with van der Waals surface area (Å²) in [6.45, 7) is 0.859. The highest BCUT2D eigenvalue weighted by atomic mass is 16.5. The Balaban J connectivity index is 1.71. The Labute approximate surface area is 123 Å². The molecule has 1 fully saturated rings. The van der Waals surface area contributed by atoms with Gasteiger partial charge in [-0.05, 0) is 18.4 Å². The van der Waals surface area contributed by atoms with E-state index in [1.54, 1.807) is 0 Å². The predicted octanol–water partition coefficient (Wildman–Crippen LogP) is 1.16. The van der Waals surface area contributed by atoms with E-state index in [1.807, 2.05) is 30.3 Å². The van der Waals surface area contributed by atoms with Gasteiger partial charge in [0.2, 0.25) is 0 Å². The molecule has 114 valence electrons. The average molecular weight is 292 g/mol. The van der Waals surface area contributed by atoms with Crippen LogP contribution in [0.3, 0.4) is 0 Å². The molecule has 6 heteroatoms. The van der Waals surface area contributed by atoms with E-state index in [0.29, 0.717) is 19.6 Å². The summed E-state index contributed by atoms with van der Waals surface area (Å²) in [5.74, 6) is -1.06. The van der Waals surface area contributed by atoms with Gasteiger partial charge in [-0.15, -0.1) is 0 Å². The molecule has 0 saturated carbocycles. The van der Waals surface area contributed by atoms with Gasteiger partial charge in [-0.3, -0.25) is 0 Å².